The maximum absolute atomic E-state index is 6.00. The van der Waals surface area contributed by atoms with Crippen molar-refractivity contribution >= 4 is 16.6 Å². The third-order valence-corrected chi connectivity index (χ3v) is 2.88. The molecule has 0 amide bonds. The summed E-state index contributed by atoms with van der Waals surface area (Å²) in [6.07, 6.45) is 2.83. The van der Waals surface area contributed by atoms with Crippen molar-refractivity contribution in [1.29, 1.82) is 0 Å². The number of nitrogens with zero attached hydrogens (tertiary/aromatic N) is 1. The number of anilines is 1. The molecule has 3 heteroatoms. The van der Waals surface area contributed by atoms with E-state index in [2.05, 4.69) is 25.8 Å². The quantitative estimate of drug-likeness (QED) is 0.893. The number of pyridine rings is 1. The molecule has 0 saturated heterocycles. The van der Waals surface area contributed by atoms with Crippen molar-refractivity contribution in [2.45, 2.75) is 33.3 Å². The molecule has 96 valence electrons. The van der Waals surface area contributed by atoms with Crippen LogP contribution in [0, 0.1) is 5.92 Å². The van der Waals surface area contributed by atoms with Gasteiger partial charge >= 0.3 is 0 Å². The molecule has 1 atom stereocenters. The van der Waals surface area contributed by atoms with Crippen LogP contribution >= 0.6 is 0 Å². The van der Waals surface area contributed by atoms with Crippen molar-refractivity contribution in [3.8, 4) is 5.75 Å². The van der Waals surface area contributed by atoms with E-state index in [4.69, 9.17) is 10.5 Å². The van der Waals surface area contributed by atoms with E-state index in [-0.39, 0.29) is 6.10 Å². The van der Waals surface area contributed by atoms with Gasteiger partial charge in [-0.05, 0) is 31.4 Å². The highest BCUT2D eigenvalue weighted by atomic mass is 16.5. The fourth-order valence-electron chi connectivity index (χ4n) is 2.18. The Balaban J connectivity index is 2.34. The van der Waals surface area contributed by atoms with Gasteiger partial charge in [-0.2, -0.15) is 0 Å². The maximum Gasteiger partial charge on any atom is 0.153 e. The topological polar surface area (TPSA) is 48.1 Å². The lowest BCUT2D eigenvalue weighted by atomic mass is 10.1. The van der Waals surface area contributed by atoms with Gasteiger partial charge in [0.1, 0.15) is 0 Å². The molecule has 2 N–H and O–H groups in total. The number of benzene rings is 1. The van der Waals surface area contributed by atoms with Gasteiger partial charge in [0.2, 0.25) is 0 Å². The third kappa shape index (κ3) is 2.73. The molecule has 0 bridgehead atoms. The summed E-state index contributed by atoms with van der Waals surface area (Å²) in [5.74, 6) is 1.36. The maximum atomic E-state index is 6.00. The van der Waals surface area contributed by atoms with Gasteiger partial charge in [-0.3, -0.25) is 4.98 Å². The van der Waals surface area contributed by atoms with Crippen molar-refractivity contribution in [3.63, 3.8) is 0 Å². The van der Waals surface area contributed by atoms with E-state index in [0.717, 1.165) is 23.1 Å². The molecule has 0 fully saturated rings. The van der Waals surface area contributed by atoms with Crippen LogP contribution in [-0.2, 0) is 0 Å². The minimum absolute atomic E-state index is 0.151. The number of aromatic nitrogens is 1. The van der Waals surface area contributed by atoms with Crippen molar-refractivity contribution in [2.24, 2.45) is 5.92 Å². The van der Waals surface area contributed by atoms with Crippen LogP contribution in [0.2, 0.25) is 0 Å². The van der Waals surface area contributed by atoms with Crippen LogP contribution in [0.25, 0.3) is 10.9 Å². The van der Waals surface area contributed by atoms with Crippen molar-refractivity contribution in [3.05, 3.63) is 30.5 Å². The Kier molecular flexibility index (Phi) is 3.70. The molecule has 1 aromatic carbocycles. The highest BCUT2D eigenvalue weighted by Crippen LogP contribution is 2.31. The minimum Gasteiger partial charge on any atom is -0.488 e. The molecule has 1 aromatic heterocycles. The van der Waals surface area contributed by atoms with Gasteiger partial charge in [0.25, 0.3) is 0 Å². The Labute approximate surface area is 108 Å². The standard InChI is InChI=1S/C15H20N2O/c1-10(2)8-11(3)18-15-12-6-4-5-7-14(12)17-9-13(15)16/h4-7,9-11H,8,16H2,1-3H3. The first-order chi connectivity index (χ1) is 8.58. The molecule has 1 unspecified atom stereocenters. The molecule has 1 heterocycles. The van der Waals surface area contributed by atoms with E-state index >= 15 is 0 Å². The number of nitrogens with two attached hydrogens (primary N) is 1. The average molecular weight is 244 g/mol. The monoisotopic (exact) mass is 244 g/mol. The number of ether oxygens (including phenoxy) is 1. The SMILES string of the molecule is CC(C)CC(C)Oc1c(N)cnc2ccccc12. The van der Waals surface area contributed by atoms with Gasteiger partial charge in [-0.25, -0.2) is 0 Å². The zero-order valence-corrected chi connectivity index (χ0v) is 11.2. The van der Waals surface area contributed by atoms with Gasteiger partial charge in [0.05, 0.1) is 23.5 Å². The van der Waals surface area contributed by atoms with Crippen LogP contribution in [0.4, 0.5) is 5.69 Å². The van der Waals surface area contributed by atoms with Crippen molar-refractivity contribution < 1.29 is 4.74 Å². The number of para-hydroxylation sites is 1. The van der Waals surface area contributed by atoms with E-state index < -0.39 is 0 Å². The summed E-state index contributed by atoms with van der Waals surface area (Å²) in [6, 6.07) is 7.90. The van der Waals surface area contributed by atoms with Crippen LogP contribution < -0.4 is 10.5 Å². The fraction of sp³-hybridized carbons (Fsp3) is 0.400. The Morgan fingerprint density at radius 3 is 2.67 bits per heavy atom. The number of fused-ring (bicyclic) bond motifs is 1. The number of nitrogen functional groups attached to an aromatic ring is 1. The van der Waals surface area contributed by atoms with Crippen LogP contribution in [0.5, 0.6) is 5.75 Å². The molecule has 2 aromatic rings. The summed E-state index contributed by atoms with van der Waals surface area (Å²) >= 11 is 0. The Morgan fingerprint density at radius 1 is 1.22 bits per heavy atom. The molecular formula is C15H20N2O. The fourth-order valence-corrected chi connectivity index (χ4v) is 2.18. The molecule has 0 aliphatic carbocycles. The summed E-state index contributed by atoms with van der Waals surface area (Å²) < 4.78 is 6.00. The minimum atomic E-state index is 0.151. The first kappa shape index (κ1) is 12.7. The highest BCUT2D eigenvalue weighted by Gasteiger charge is 2.12. The van der Waals surface area contributed by atoms with Crippen LogP contribution in [0.1, 0.15) is 27.2 Å². The van der Waals surface area contributed by atoms with Gasteiger partial charge < -0.3 is 10.5 Å². The Hall–Kier alpha value is -1.77. The third-order valence-electron chi connectivity index (χ3n) is 2.88. The molecular weight excluding hydrogens is 224 g/mol. The molecule has 3 nitrogen and oxygen atoms in total. The number of rotatable bonds is 4. The summed E-state index contributed by atoms with van der Waals surface area (Å²) in [4.78, 5) is 4.30. The lowest BCUT2D eigenvalue weighted by molar-refractivity contribution is 0.196. The Bertz CT molecular complexity index is 537. The molecule has 2 rings (SSSR count). The van der Waals surface area contributed by atoms with E-state index in [1.165, 1.54) is 0 Å². The molecule has 0 radical (unpaired) electrons. The number of hydrogen-bond acceptors (Lipinski definition) is 3. The Morgan fingerprint density at radius 2 is 1.94 bits per heavy atom. The zero-order chi connectivity index (χ0) is 13.1. The van der Waals surface area contributed by atoms with Crippen LogP contribution in [0.3, 0.4) is 0 Å². The first-order valence-corrected chi connectivity index (χ1v) is 6.37. The highest BCUT2D eigenvalue weighted by molar-refractivity contribution is 5.89. The number of hydrogen-bond donors (Lipinski definition) is 1. The van der Waals surface area contributed by atoms with Gasteiger partial charge in [0, 0.05) is 5.39 Å². The van der Waals surface area contributed by atoms with Gasteiger partial charge in [-0.15, -0.1) is 0 Å². The predicted octanol–water partition coefficient (Wildman–Crippen LogP) is 3.63. The largest absolute Gasteiger partial charge is 0.488 e. The van der Waals surface area contributed by atoms with Crippen LogP contribution in [0.15, 0.2) is 30.5 Å². The lowest BCUT2D eigenvalue weighted by Crippen LogP contribution is -2.15. The smallest absolute Gasteiger partial charge is 0.153 e. The van der Waals surface area contributed by atoms with Crippen molar-refractivity contribution in [1.82, 2.24) is 4.98 Å². The van der Waals surface area contributed by atoms with E-state index in [1.807, 2.05) is 24.3 Å². The van der Waals surface area contributed by atoms with E-state index in [0.29, 0.717) is 11.6 Å². The molecule has 0 aliphatic heterocycles. The van der Waals surface area contributed by atoms with E-state index in [9.17, 15) is 0 Å². The summed E-state index contributed by atoms with van der Waals surface area (Å²) in [6.45, 7) is 6.45. The predicted molar refractivity (Wildman–Crippen MR) is 75.7 cm³/mol. The first-order valence-electron chi connectivity index (χ1n) is 6.37. The normalized spacial score (nSPS) is 12.9. The summed E-state index contributed by atoms with van der Waals surface area (Å²) in [5, 5.41) is 0.980. The zero-order valence-electron chi connectivity index (χ0n) is 11.2. The average Bonchev–Trinajstić information content (AvgIpc) is 2.32. The molecule has 0 saturated carbocycles. The second-order valence-corrected chi connectivity index (χ2v) is 5.12. The van der Waals surface area contributed by atoms with Crippen LogP contribution in [-0.4, -0.2) is 11.1 Å². The second kappa shape index (κ2) is 5.25. The lowest BCUT2D eigenvalue weighted by Gasteiger charge is -2.19. The van der Waals surface area contributed by atoms with Gasteiger partial charge in [-0.1, -0.05) is 26.0 Å². The second-order valence-electron chi connectivity index (χ2n) is 5.12. The van der Waals surface area contributed by atoms with E-state index in [1.54, 1.807) is 6.20 Å². The van der Waals surface area contributed by atoms with Gasteiger partial charge in [0.15, 0.2) is 5.75 Å². The molecule has 0 aliphatic rings. The van der Waals surface area contributed by atoms with Crippen molar-refractivity contribution in [2.75, 3.05) is 5.73 Å². The summed E-state index contributed by atoms with van der Waals surface area (Å²) in [5.41, 5.74) is 7.49. The molecule has 18 heavy (non-hydrogen) atoms. The molecule has 0 spiro atoms. The summed E-state index contributed by atoms with van der Waals surface area (Å²) in [7, 11) is 0.